The Morgan fingerprint density at radius 2 is 2.11 bits per heavy atom. The molecule has 0 aliphatic carbocycles. The second-order valence-electron chi connectivity index (χ2n) is 5.16. The SMILES string of the molecule is CN1CC(NC(=O)C(N)C2CCOCC2)CC1=O.Cl. The van der Waals surface area contributed by atoms with Crippen LogP contribution in [0.5, 0.6) is 0 Å². The monoisotopic (exact) mass is 291 g/mol. The quantitative estimate of drug-likeness (QED) is 0.735. The highest BCUT2D eigenvalue weighted by Crippen LogP contribution is 2.18. The third-order valence-electron chi connectivity index (χ3n) is 3.76. The lowest BCUT2D eigenvalue weighted by Gasteiger charge is -2.27. The van der Waals surface area contributed by atoms with Crippen molar-refractivity contribution in [2.75, 3.05) is 26.8 Å². The van der Waals surface area contributed by atoms with E-state index in [1.54, 1.807) is 11.9 Å². The summed E-state index contributed by atoms with van der Waals surface area (Å²) in [6.45, 7) is 1.93. The van der Waals surface area contributed by atoms with Gasteiger partial charge in [0.05, 0.1) is 12.1 Å². The van der Waals surface area contributed by atoms with Gasteiger partial charge in [-0.05, 0) is 18.8 Å². The molecule has 2 fully saturated rings. The van der Waals surface area contributed by atoms with Gasteiger partial charge in [0.25, 0.3) is 0 Å². The van der Waals surface area contributed by atoms with Crippen molar-refractivity contribution in [2.24, 2.45) is 11.7 Å². The molecule has 110 valence electrons. The molecule has 0 bridgehead atoms. The van der Waals surface area contributed by atoms with Crippen molar-refractivity contribution >= 4 is 24.2 Å². The van der Waals surface area contributed by atoms with E-state index in [0.29, 0.717) is 26.2 Å². The number of hydrogen-bond donors (Lipinski definition) is 2. The molecule has 0 aromatic heterocycles. The average molecular weight is 292 g/mol. The van der Waals surface area contributed by atoms with Gasteiger partial charge in [-0.3, -0.25) is 9.59 Å². The number of likely N-dealkylation sites (N-methyl/N-ethyl adjacent to an activating group) is 1. The van der Waals surface area contributed by atoms with E-state index in [0.717, 1.165) is 12.8 Å². The van der Waals surface area contributed by atoms with Gasteiger partial charge in [-0.2, -0.15) is 0 Å². The van der Waals surface area contributed by atoms with E-state index in [1.807, 2.05) is 0 Å². The number of carbonyl (C=O) groups is 2. The number of nitrogens with zero attached hydrogens (tertiary/aromatic N) is 1. The topological polar surface area (TPSA) is 84.7 Å². The molecule has 0 aromatic carbocycles. The predicted octanol–water partition coefficient (Wildman–Crippen LogP) is -0.491. The van der Waals surface area contributed by atoms with Crippen molar-refractivity contribution in [3.63, 3.8) is 0 Å². The number of amides is 2. The summed E-state index contributed by atoms with van der Waals surface area (Å²) in [5.74, 6) is 0.114. The van der Waals surface area contributed by atoms with Crippen molar-refractivity contribution in [1.82, 2.24) is 10.2 Å². The van der Waals surface area contributed by atoms with Crippen LogP contribution in [-0.4, -0.2) is 55.6 Å². The molecule has 3 N–H and O–H groups in total. The Balaban J connectivity index is 0.00000180. The third kappa shape index (κ3) is 4.06. The minimum absolute atomic E-state index is 0. The summed E-state index contributed by atoms with van der Waals surface area (Å²) in [5, 5.41) is 2.87. The molecule has 2 aliphatic rings. The lowest BCUT2D eigenvalue weighted by atomic mass is 9.91. The van der Waals surface area contributed by atoms with E-state index >= 15 is 0 Å². The molecule has 7 heteroatoms. The van der Waals surface area contributed by atoms with Crippen LogP contribution in [0.2, 0.25) is 0 Å². The largest absolute Gasteiger partial charge is 0.381 e. The molecule has 2 atom stereocenters. The zero-order chi connectivity index (χ0) is 13.1. The Morgan fingerprint density at radius 3 is 2.63 bits per heavy atom. The maximum Gasteiger partial charge on any atom is 0.237 e. The van der Waals surface area contributed by atoms with Crippen molar-refractivity contribution in [3.05, 3.63) is 0 Å². The molecule has 0 aromatic rings. The molecular weight excluding hydrogens is 270 g/mol. The number of likely N-dealkylation sites (tertiary alicyclic amines) is 1. The Kier molecular flexibility index (Phi) is 6.03. The van der Waals surface area contributed by atoms with E-state index in [9.17, 15) is 9.59 Å². The molecule has 2 amide bonds. The highest BCUT2D eigenvalue weighted by Gasteiger charge is 2.32. The van der Waals surface area contributed by atoms with E-state index in [-0.39, 0.29) is 36.2 Å². The first-order chi connectivity index (χ1) is 8.58. The summed E-state index contributed by atoms with van der Waals surface area (Å²) in [6, 6.07) is -0.587. The predicted molar refractivity (Wildman–Crippen MR) is 73.0 cm³/mol. The van der Waals surface area contributed by atoms with Gasteiger partial charge in [-0.15, -0.1) is 12.4 Å². The number of nitrogens with one attached hydrogen (secondary N) is 1. The van der Waals surface area contributed by atoms with Crippen molar-refractivity contribution in [2.45, 2.75) is 31.3 Å². The summed E-state index contributed by atoms with van der Waals surface area (Å²) in [5.41, 5.74) is 5.97. The molecule has 2 rings (SSSR count). The van der Waals surface area contributed by atoms with Gasteiger partial charge < -0.3 is 20.7 Å². The lowest BCUT2D eigenvalue weighted by molar-refractivity contribution is -0.126. The van der Waals surface area contributed by atoms with Crippen LogP contribution in [0.15, 0.2) is 0 Å². The summed E-state index contributed by atoms with van der Waals surface area (Å²) in [7, 11) is 1.74. The Bertz CT molecular complexity index is 334. The first-order valence-electron chi connectivity index (χ1n) is 6.45. The Labute approximate surface area is 119 Å². The van der Waals surface area contributed by atoms with E-state index < -0.39 is 6.04 Å². The van der Waals surface area contributed by atoms with Crippen molar-refractivity contribution in [1.29, 1.82) is 0 Å². The summed E-state index contributed by atoms with van der Waals surface area (Å²) < 4.78 is 5.25. The van der Waals surface area contributed by atoms with Crippen LogP contribution < -0.4 is 11.1 Å². The molecule has 0 radical (unpaired) electrons. The lowest BCUT2D eigenvalue weighted by Crippen LogP contribution is -2.50. The van der Waals surface area contributed by atoms with Crippen LogP contribution >= 0.6 is 12.4 Å². The van der Waals surface area contributed by atoms with Crippen LogP contribution in [0.25, 0.3) is 0 Å². The van der Waals surface area contributed by atoms with Gasteiger partial charge in [-0.25, -0.2) is 0 Å². The molecule has 19 heavy (non-hydrogen) atoms. The second kappa shape index (κ2) is 7.07. The molecule has 6 nitrogen and oxygen atoms in total. The summed E-state index contributed by atoms with van der Waals surface area (Å²) in [6.07, 6.45) is 2.04. The van der Waals surface area contributed by atoms with Gasteiger partial charge in [0.2, 0.25) is 11.8 Å². The van der Waals surface area contributed by atoms with Gasteiger partial charge in [0.1, 0.15) is 0 Å². The molecule has 2 saturated heterocycles. The smallest absolute Gasteiger partial charge is 0.237 e. The van der Waals surface area contributed by atoms with Crippen LogP contribution in [0.1, 0.15) is 19.3 Å². The maximum absolute atomic E-state index is 12.0. The zero-order valence-corrected chi connectivity index (χ0v) is 11.9. The second-order valence-corrected chi connectivity index (χ2v) is 5.16. The number of hydrogen-bond acceptors (Lipinski definition) is 4. The molecular formula is C12H22ClN3O3. The summed E-state index contributed by atoms with van der Waals surface area (Å²) >= 11 is 0. The fourth-order valence-electron chi connectivity index (χ4n) is 2.55. The Hall–Kier alpha value is -0.850. The highest BCUT2D eigenvalue weighted by atomic mass is 35.5. The van der Waals surface area contributed by atoms with Crippen LogP contribution in [0, 0.1) is 5.92 Å². The fourth-order valence-corrected chi connectivity index (χ4v) is 2.55. The van der Waals surface area contributed by atoms with Gasteiger partial charge >= 0.3 is 0 Å². The molecule has 2 heterocycles. The minimum Gasteiger partial charge on any atom is -0.381 e. The van der Waals surface area contributed by atoms with E-state index in [2.05, 4.69) is 5.32 Å². The average Bonchev–Trinajstić information content (AvgIpc) is 2.68. The van der Waals surface area contributed by atoms with Crippen molar-refractivity contribution < 1.29 is 14.3 Å². The van der Waals surface area contributed by atoms with Gasteiger partial charge in [0.15, 0.2) is 0 Å². The van der Waals surface area contributed by atoms with E-state index in [4.69, 9.17) is 10.5 Å². The number of carbonyl (C=O) groups excluding carboxylic acids is 2. The zero-order valence-electron chi connectivity index (χ0n) is 11.1. The highest BCUT2D eigenvalue weighted by molar-refractivity contribution is 5.85. The van der Waals surface area contributed by atoms with E-state index in [1.165, 1.54) is 0 Å². The van der Waals surface area contributed by atoms with Gasteiger partial charge in [-0.1, -0.05) is 0 Å². The summed E-state index contributed by atoms with van der Waals surface area (Å²) in [4.78, 5) is 25.0. The molecule has 2 aliphatic heterocycles. The molecule has 0 saturated carbocycles. The van der Waals surface area contributed by atoms with Crippen LogP contribution in [0.4, 0.5) is 0 Å². The first-order valence-corrected chi connectivity index (χ1v) is 6.45. The van der Waals surface area contributed by atoms with Crippen LogP contribution in [0.3, 0.4) is 0 Å². The maximum atomic E-state index is 12.0. The normalized spacial score (nSPS) is 25.9. The number of halogens is 1. The first kappa shape index (κ1) is 16.2. The Morgan fingerprint density at radius 1 is 1.47 bits per heavy atom. The number of rotatable bonds is 3. The molecule has 2 unspecified atom stereocenters. The van der Waals surface area contributed by atoms with Gasteiger partial charge in [0, 0.05) is 33.2 Å². The third-order valence-corrected chi connectivity index (χ3v) is 3.76. The fraction of sp³-hybridized carbons (Fsp3) is 0.833. The molecule has 0 spiro atoms. The standard InChI is InChI=1S/C12H21N3O3.ClH/c1-15-7-9(6-10(15)16)14-12(17)11(13)8-2-4-18-5-3-8;/h8-9,11H,2-7,13H2,1H3,(H,14,17);1H. The minimum atomic E-state index is -0.491. The number of ether oxygens (including phenoxy) is 1. The number of nitrogens with two attached hydrogens (primary N) is 1. The van der Waals surface area contributed by atoms with Crippen molar-refractivity contribution in [3.8, 4) is 0 Å². The van der Waals surface area contributed by atoms with Crippen LogP contribution in [-0.2, 0) is 14.3 Å².